The first kappa shape index (κ1) is 15.6. The molecule has 110 valence electrons. The summed E-state index contributed by atoms with van der Waals surface area (Å²) in [6, 6.07) is -0.679. The number of nitrogen functional groups attached to an aromatic ring is 1. The third kappa shape index (κ3) is 4.04. The molecule has 9 nitrogen and oxygen atoms in total. The molecule has 0 aromatic carbocycles. The van der Waals surface area contributed by atoms with Gasteiger partial charge in [-0.25, -0.2) is 9.97 Å². The third-order valence-corrected chi connectivity index (χ3v) is 2.46. The lowest BCUT2D eigenvalue weighted by molar-refractivity contribution is -0.383. The van der Waals surface area contributed by atoms with E-state index in [0.29, 0.717) is 12.5 Å². The maximum absolute atomic E-state index is 11.8. The molecule has 4 N–H and O–H groups in total. The summed E-state index contributed by atoms with van der Waals surface area (Å²) in [5, 5.41) is 16.3. The van der Waals surface area contributed by atoms with Gasteiger partial charge in [0.2, 0.25) is 17.5 Å². The molecule has 1 amide bonds. The summed E-state index contributed by atoms with van der Waals surface area (Å²) in [6.45, 7) is 6.04. The van der Waals surface area contributed by atoms with Crippen LogP contribution in [0.15, 0.2) is 6.33 Å². The molecule has 1 aromatic rings. The molecule has 1 rings (SSSR count). The molecule has 0 bridgehead atoms. The number of nitro groups is 1. The van der Waals surface area contributed by atoms with Gasteiger partial charge >= 0.3 is 5.69 Å². The highest BCUT2D eigenvalue weighted by molar-refractivity contribution is 5.85. The highest BCUT2D eigenvalue weighted by atomic mass is 16.6. The van der Waals surface area contributed by atoms with Gasteiger partial charge in [-0.3, -0.25) is 14.9 Å². The molecule has 1 aromatic heterocycles. The predicted molar refractivity (Wildman–Crippen MR) is 74.0 cm³/mol. The van der Waals surface area contributed by atoms with Crippen LogP contribution in [0.5, 0.6) is 0 Å². The van der Waals surface area contributed by atoms with Crippen molar-refractivity contribution in [2.24, 2.45) is 5.92 Å². The Labute approximate surface area is 116 Å². The van der Waals surface area contributed by atoms with Crippen LogP contribution in [0, 0.1) is 16.0 Å². The molecule has 0 aliphatic heterocycles. The van der Waals surface area contributed by atoms with E-state index in [1.54, 1.807) is 6.92 Å². The van der Waals surface area contributed by atoms with Crippen LogP contribution < -0.4 is 16.4 Å². The fraction of sp³-hybridized carbons (Fsp3) is 0.545. The first-order valence-electron chi connectivity index (χ1n) is 6.12. The van der Waals surface area contributed by atoms with Crippen LogP contribution in [0.4, 0.5) is 17.3 Å². The first-order valence-corrected chi connectivity index (χ1v) is 6.12. The topological polar surface area (TPSA) is 136 Å². The second kappa shape index (κ2) is 6.64. The monoisotopic (exact) mass is 282 g/mol. The van der Waals surface area contributed by atoms with Crippen LogP contribution in [-0.2, 0) is 4.79 Å². The highest BCUT2D eigenvalue weighted by Crippen LogP contribution is 2.26. The number of nitrogens with zero attached hydrogens (tertiary/aromatic N) is 3. The Morgan fingerprint density at radius 2 is 2.10 bits per heavy atom. The number of hydrogen-bond donors (Lipinski definition) is 3. The Morgan fingerprint density at radius 3 is 2.65 bits per heavy atom. The maximum Gasteiger partial charge on any atom is 0.353 e. The van der Waals surface area contributed by atoms with Crippen molar-refractivity contribution in [2.45, 2.75) is 26.8 Å². The number of carbonyl (C=O) groups excluding carboxylic acids is 1. The average Bonchev–Trinajstić information content (AvgIpc) is 2.35. The lowest BCUT2D eigenvalue weighted by Gasteiger charge is -2.15. The smallest absolute Gasteiger partial charge is 0.353 e. The third-order valence-electron chi connectivity index (χ3n) is 2.46. The van der Waals surface area contributed by atoms with E-state index < -0.39 is 16.7 Å². The van der Waals surface area contributed by atoms with E-state index in [-0.39, 0.29) is 17.5 Å². The quantitative estimate of drug-likeness (QED) is 0.511. The summed E-state index contributed by atoms with van der Waals surface area (Å²) >= 11 is 0. The van der Waals surface area contributed by atoms with Crippen LogP contribution in [0.1, 0.15) is 20.8 Å². The van der Waals surface area contributed by atoms with Gasteiger partial charge in [0.05, 0.1) is 4.92 Å². The van der Waals surface area contributed by atoms with Gasteiger partial charge in [0.25, 0.3) is 0 Å². The van der Waals surface area contributed by atoms with Crippen LogP contribution in [0.3, 0.4) is 0 Å². The minimum absolute atomic E-state index is 0.0744. The largest absolute Gasteiger partial charge is 0.378 e. The standard InChI is InChI=1S/C11H18N6O3/c1-6(2)4-13-11(18)7(3)16-10-8(17(19)20)9(12)14-5-15-10/h5-7H,4H2,1-3H3,(H,13,18)(H3,12,14,15,16). The van der Waals surface area contributed by atoms with E-state index in [0.717, 1.165) is 6.33 Å². The summed E-state index contributed by atoms with van der Waals surface area (Å²) in [6.07, 6.45) is 1.10. The number of anilines is 2. The van der Waals surface area contributed by atoms with E-state index in [1.807, 2.05) is 13.8 Å². The van der Waals surface area contributed by atoms with Crippen molar-refractivity contribution in [1.82, 2.24) is 15.3 Å². The fourth-order valence-electron chi connectivity index (χ4n) is 1.41. The Kier molecular flexibility index (Phi) is 5.18. The highest BCUT2D eigenvalue weighted by Gasteiger charge is 2.24. The van der Waals surface area contributed by atoms with Gasteiger partial charge in [0.1, 0.15) is 12.4 Å². The van der Waals surface area contributed by atoms with Gasteiger partial charge in [-0.05, 0) is 12.8 Å². The Bertz CT molecular complexity index is 505. The van der Waals surface area contributed by atoms with Crippen LogP contribution in [0.2, 0.25) is 0 Å². The molecule has 0 saturated carbocycles. The van der Waals surface area contributed by atoms with Crippen LogP contribution in [0.25, 0.3) is 0 Å². The number of rotatable bonds is 6. The molecule has 1 unspecified atom stereocenters. The molecular formula is C11H18N6O3. The van der Waals surface area contributed by atoms with Crippen molar-refractivity contribution < 1.29 is 9.72 Å². The lowest BCUT2D eigenvalue weighted by atomic mass is 10.2. The molecule has 0 radical (unpaired) electrons. The van der Waals surface area contributed by atoms with Crippen molar-refractivity contribution >= 4 is 23.2 Å². The van der Waals surface area contributed by atoms with Crippen LogP contribution in [-0.4, -0.2) is 33.4 Å². The van der Waals surface area contributed by atoms with Gasteiger partial charge in [-0.15, -0.1) is 0 Å². The molecular weight excluding hydrogens is 264 g/mol. The normalized spacial score (nSPS) is 12.0. The number of nitrogens with two attached hydrogens (primary N) is 1. The number of amides is 1. The summed E-state index contributed by atoms with van der Waals surface area (Å²) in [7, 11) is 0. The van der Waals surface area contributed by atoms with Gasteiger partial charge < -0.3 is 16.4 Å². The van der Waals surface area contributed by atoms with E-state index >= 15 is 0 Å². The van der Waals surface area contributed by atoms with Crippen molar-refractivity contribution in [2.75, 3.05) is 17.6 Å². The van der Waals surface area contributed by atoms with E-state index in [2.05, 4.69) is 20.6 Å². The maximum atomic E-state index is 11.8. The Morgan fingerprint density at radius 1 is 1.45 bits per heavy atom. The van der Waals surface area contributed by atoms with Gasteiger partial charge in [-0.1, -0.05) is 13.8 Å². The molecule has 0 saturated heterocycles. The van der Waals surface area contributed by atoms with Crippen LogP contribution >= 0.6 is 0 Å². The number of nitrogens with one attached hydrogen (secondary N) is 2. The zero-order chi connectivity index (χ0) is 15.3. The number of aromatic nitrogens is 2. The summed E-state index contributed by atoms with van der Waals surface area (Å²) in [5.74, 6) is -0.280. The van der Waals surface area contributed by atoms with E-state index in [4.69, 9.17) is 5.73 Å². The van der Waals surface area contributed by atoms with Crippen molar-refractivity contribution in [1.29, 1.82) is 0 Å². The Balaban J connectivity index is 2.80. The van der Waals surface area contributed by atoms with Gasteiger partial charge in [0.15, 0.2) is 0 Å². The first-order chi connectivity index (χ1) is 9.32. The molecule has 0 fully saturated rings. The predicted octanol–water partition coefficient (Wildman–Crippen LogP) is 0.540. The van der Waals surface area contributed by atoms with Crippen molar-refractivity contribution in [3.8, 4) is 0 Å². The molecule has 9 heteroatoms. The molecule has 20 heavy (non-hydrogen) atoms. The molecule has 1 heterocycles. The minimum atomic E-state index is -0.684. The molecule has 0 aliphatic carbocycles. The molecule has 1 atom stereocenters. The molecule has 0 aliphatic rings. The number of hydrogen-bond acceptors (Lipinski definition) is 7. The SMILES string of the molecule is CC(C)CNC(=O)C(C)Nc1ncnc(N)c1[N+](=O)[O-]. The fourth-order valence-corrected chi connectivity index (χ4v) is 1.41. The zero-order valence-electron chi connectivity index (χ0n) is 11.6. The summed E-state index contributed by atoms with van der Waals surface area (Å²) in [5.41, 5.74) is 5.00. The van der Waals surface area contributed by atoms with Crippen molar-refractivity contribution in [3.63, 3.8) is 0 Å². The Hall–Kier alpha value is -2.45. The van der Waals surface area contributed by atoms with Crippen molar-refractivity contribution in [3.05, 3.63) is 16.4 Å². The van der Waals surface area contributed by atoms with E-state index in [1.165, 1.54) is 0 Å². The minimum Gasteiger partial charge on any atom is -0.378 e. The summed E-state index contributed by atoms with van der Waals surface area (Å²) < 4.78 is 0. The second-order valence-corrected chi connectivity index (χ2v) is 4.72. The van der Waals surface area contributed by atoms with Gasteiger partial charge in [0, 0.05) is 6.54 Å². The van der Waals surface area contributed by atoms with Gasteiger partial charge in [-0.2, -0.15) is 0 Å². The zero-order valence-corrected chi connectivity index (χ0v) is 11.6. The lowest BCUT2D eigenvalue weighted by Crippen LogP contribution is -2.39. The number of carbonyl (C=O) groups is 1. The molecule has 0 spiro atoms. The van der Waals surface area contributed by atoms with E-state index in [9.17, 15) is 14.9 Å². The summed E-state index contributed by atoms with van der Waals surface area (Å²) in [4.78, 5) is 29.3. The second-order valence-electron chi connectivity index (χ2n) is 4.72. The average molecular weight is 282 g/mol.